The van der Waals surface area contributed by atoms with Gasteiger partial charge in [-0.3, -0.25) is 0 Å². The van der Waals surface area contributed by atoms with Crippen molar-refractivity contribution in [3.63, 3.8) is 0 Å². The van der Waals surface area contributed by atoms with Gasteiger partial charge in [-0.25, -0.2) is 0 Å². The number of para-hydroxylation sites is 1. The number of hydrogen-bond donors (Lipinski definition) is 0. The standard InChI is InChI=1S/C50H49NO/c1-47(2,3)30-26-38-36-18-15-21-44(46(36)52-45(38)43(27-30)48(4,5)6)51(31-23-25-41-37(28-31)34-17-12-14-20-40(34)49(41,7)8)32-22-24-35-33-16-11-13-19-39(33)50(9,10)42(35)29-32/h11-29H,1-10H3. The van der Waals surface area contributed by atoms with Crippen LogP contribution >= 0.6 is 0 Å². The van der Waals surface area contributed by atoms with Crippen LogP contribution in [0.5, 0.6) is 0 Å². The third kappa shape index (κ3) is 4.62. The SMILES string of the molecule is CC(C)(C)c1cc(C(C)(C)C)c2oc3c(N(c4ccc5c(c4)-c4ccccc4C5(C)C)c4ccc5c(c4)C(C)(C)c4ccccc4-5)cccc3c2c1. The van der Waals surface area contributed by atoms with Gasteiger partial charge in [-0.15, -0.1) is 0 Å². The molecule has 0 fully saturated rings. The molecule has 0 amide bonds. The Bertz CT molecular complexity index is 2600. The summed E-state index contributed by atoms with van der Waals surface area (Å²) in [6, 6.07) is 43.4. The molecule has 2 nitrogen and oxygen atoms in total. The Morgan fingerprint density at radius 3 is 1.71 bits per heavy atom. The minimum Gasteiger partial charge on any atom is -0.454 e. The number of fused-ring (bicyclic) bond motifs is 9. The van der Waals surface area contributed by atoms with E-state index in [-0.39, 0.29) is 21.7 Å². The third-order valence-electron chi connectivity index (χ3n) is 12.1. The van der Waals surface area contributed by atoms with Crippen LogP contribution in [-0.4, -0.2) is 0 Å². The first-order chi connectivity index (χ1) is 24.6. The number of rotatable bonds is 3. The van der Waals surface area contributed by atoms with Crippen LogP contribution in [0, 0.1) is 0 Å². The summed E-state index contributed by atoms with van der Waals surface area (Å²) in [5.74, 6) is 0. The van der Waals surface area contributed by atoms with Gasteiger partial charge in [-0.1, -0.05) is 148 Å². The van der Waals surface area contributed by atoms with Gasteiger partial charge >= 0.3 is 0 Å². The zero-order valence-corrected chi connectivity index (χ0v) is 32.3. The predicted octanol–water partition coefficient (Wildman–Crippen LogP) is 14.3. The van der Waals surface area contributed by atoms with Gasteiger partial charge in [0.05, 0.1) is 5.69 Å². The zero-order valence-electron chi connectivity index (χ0n) is 32.3. The Morgan fingerprint density at radius 1 is 0.462 bits per heavy atom. The molecule has 9 rings (SSSR count). The summed E-state index contributed by atoms with van der Waals surface area (Å²) in [6.45, 7) is 23.2. The highest BCUT2D eigenvalue weighted by Gasteiger charge is 2.38. The maximum atomic E-state index is 7.16. The molecule has 52 heavy (non-hydrogen) atoms. The third-order valence-corrected chi connectivity index (χ3v) is 12.1. The van der Waals surface area contributed by atoms with E-state index in [2.05, 4.69) is 189 Å². The summed E-state index contributed by atoms with van der Waals surface area (Å²) in [4.78, 5) is 2.44. The Kier molecular flexibility index (Phi) is 6.77. The van der Waals surface area contributed by atoms with E-state index < -0.39 is 0 Å². The van der Waals surface area contributed by atoms with E-state index in [1.54, 1.807) is 0 Å². The number of anilines is 3. The fourth-order valence-corrected chi connectivity index (χ4v) is 9.16. The topological polar surface area (TPSA) is 16.4 Å². The van der Waals surface area contributed by atoms with Crippen LogP contribution in [0.15, 0.2) is 120 Å². The second kappa shape index (κ2) is 10.7. The Balaban J connectivity index is 1.33. The molecular weight excluding hydrogens is 631 g/mol. The van der Waals surface area contributed by atoms with Crippen LogP contribution < -0.4 is 4.90 Å². The normalized spacial score (nSPS) is 15.4. The van der Waals surface area contributed by atoms with Crippen LogP contribution in [0.4, 0.5) is 17.1 Å². The second-order valence-corrected chi connectivity index (χ2v) is 18.3. The summed E-state index contributed by atoms with van der Waals surface area (Å²) in [5.41, 5.74) is 18.3. The summed E-state index contributed by atoms with van der Waals surface area (Å²) < 4.78 is 7.16. The van der Waals surface area contributed by atoms with E-state index in [9.17, 15) is 0 Å². The quantitative estimate of drug-likeness (QED) is 0.185. The molecule has 7 aromatic rings. The van der Waals surface area contributed by atoms with Crippen molar-refractivity contribution in [1.29, 1.82) is 0 Å². The second-order valence-electron chi connectivity index (χ2n) is 18.3. The number of hydrogen-bond acceptors (Lipinski definition) is 2. The van der Waals surface area contributed by atoms with Crippen molar-refractivity contribution in [3.05, 3.63) is 149 Å². The van der Waals surface area contributed by atoms with Crippen molar-refractivity contribution in [3.8, 4) is 22.3 Å². The number of benzene rings is 6. The van der Waals surface area contributed by atoms with Crippen molar-refractivity contribution < 1.29 is 4.42 Å². The van der Waals surface area contributed by atoms with Gasteiger partial charge in [0, 0.05) is 38.5 Å². The molecule has 2 heteroatoms. The largest absolute Gasteiger partial charge is 0.454 e. The molecule has 0 bridgehead atoms. The van der Waals surface area contributed by atoms with Crippen LogP contribution in [0.1, 0.15) is 103 Å². The molecule has 2 aliphatic carbocycles. The van der Waals surface area contributed by atoms with Crippen LogP contribution in [0.25, 0.3) is 44.2 Å². The summed E-state index contributed by atoms with van der Waals surface area (Å²) in [6.07, 6.45) is 0. The first kappa shape index (κ1) is 32.8. The van der Waals surface area contributed by atoms with E-state index >= 15 is 0 Å². The predicted molar refractivity (Wildman–Crippen MR) is 221 cm³/mol. The number of furan rings is 1. The Labute approximate surface area is 309 Å². The maximum absolute atomic E-state index is 7.16. The van der Waals surface area contributed by atoms with Gasteiger partial charge in [0.25, 0.3) is 0 Å². The average molecular weight is 680 g/mol. The molecule has 0 saturated heterocycles. The molecule has 0 N–H and O–H groups in total. The lowest BCUT2D eigenvalue weighted by atomic mass is 9.79. The molecular formula is C50H49NO. The van der Waals surface area contributed by atoms with Crippen molar-refractivity contribution in [1.82, 2.24) is 0 Å². The molecule has 260 valence electrons. The fraction of sp³-hybridized carbons (Fsp3) is 0.280. The Hall–Kier alpha value is -5.08. The first-order valence-electron chi connectivity index (χ1n) is 18.9. The molecule has 0 saturated carbocycles. The van der Waals surface area contributed by atoms with Crippen molar-refractivity contribution >= 4 is 39.0 Å². The molecule has 1 heterocycles. The van der Waals surface area contributed by atoms with Gasteiger partial charge in [0.1, 0.15) is 5.58 Å². The summed E-state index contributed by atoms with van der Waals surface area (Å²) in [7, 11) is 0. The smallest absolute Gasteiger partial charge is 0.159 e. The lowest BCUT2D eigenvalue weighted by Gasteiger charge is -2.29. The molecule has 0 aliphatic heterocycles. The van der Waals surface area contributed by atoms with Crippen molar-refractivity contribution in [2.45, 2.75) is 90.9 Å². The highest BCUT2D eigenvalue weighted by atomic mass is 16.3. The van der Waals surface area contributed by atoms with Crippen LogP contribution in [0.3, 0.4) is 0 Å². The molecule has 0 atom stereocenters. The summed E-state index contributed by atoms with van der Waals surface area (Å²) in [5, 5.41) is 2.33. The van der Waals surface area contributed by atoms with Crippen molar-refractivity contribution in [2.75, 3.05) is 4.90 Å². The highest BCUT2D eigenvalue weighted by molar-refractivity contribution is 6.11. The van der Waals surface area contributed by atoms with E-state index in [1.807, 2.05) is 0 Å². The average Bonchev–Trinajstić information content (AvgIpc) is 3.67. The van der Waals surface area contributed by atoms with E-state index in [1.165, 1.54) is 61.0 Å². The lowest BCUT2D eigenvalue weighted by molar-refractivity contribution is 0.559. The minimum atomic E-state index is -0.120. The van der Waals surface area contributed by atoms with Crippen LogP contribution in [-0.2, 0) is 21.7 Å². The highest BCUT2D eigenvalue weighted by Crippen LogP contribution is 2.54. The summed E-state index contributed by atoms with van der Waals surface area (Å²) >= 11 is 0. The Morgan fingerprint density at radius 2 is 1.04 bits per heavy atom. The van der Waals surface area contributed by atoms with Gasteiger partial charge < -0.3 is 9.32 Å². The number of nitrogens with zero attached hydrogens (tertiary/aromatic N) is 1. The molecule has 0 radical (unpaired) electrons. The van der Waals surface area contributed by atoms with Crippen molar-refractivity contribution in [2.24, 2.45) is 0 Å². The fourth-order valence-electron chi connectivity index (χ4n) is 9.16. The zero-order chi connectivity index (χ0) is 36.5. The minimum absolute atomic E-state index is 0.00467. The first-order valence-corrected chi connectivity index (χ1v) is 18.9. The van der Waals surface area contributed by atoms with Gasteiger partial charge in [-0.2, -0.15) is 0 Å². The molecule has 0 unspecified atom stereocenters. The molecule has 1 aromatic heterocycles. The van der Waals surface area contributed by atoms with E-state index in [0.29, 0.717) is 0 Å². The molecule has 2 aliphatic rings. The molecule has 0 spiro atoms. The maximum Gasteiger partial charge on any atom is 0.159 e. The van der Waals surface area contributed by atoms with E-state index in [4.69, 9.17) is 4.42 Å². The lowest BCUT2D eigenvalue weighted by Crippen LogP contribution is -2.17. The van der Waals surface area contributed by atoms with Gasteiger partial charge in [-0.05, 0) is 97.3 Å². The monoisotopic (exact) mass is 679 g/mol. The van der Waals surface area contributed by atoms with Gasteiger partial charge in [0.15, 0.2) is 5.58 Å². The van der Waals surface area contributed by atoms with Crippen LogP contribution in [0.2, 0.25) is 0 Å². The van der Waals surface area contributed by atoms with E-state index in [0.717, 1.165) is 33.6 Å². The van der Waals surface area contributed by atoms with Gasteiger partial charge in [0.2, 0.25) is 0 Å². The molecule has 6 aromatic carbocycles.